The fourth-order valence-corrected chi connectivity index (χ4v) is 14.4. The standard InChI is InChI=1S/C32H42ClNO3Si3/c1-34(20-21-38(2,3)30(35)25-12-9-8-10-13-25)29-18-16-26(17-19-29)31(36)39(4,5)22-23-40(6,7)32(37)27-14-11-15-28(33)24-27/h8-19,24H,20-23H2,1-7H3. The van der Waals surface area contributed by atoms with E-state index in [-0.39, 0.29) is 16.2 Å². The zero-order valence-corrected chi connectivity index (χ0v) is 28.6. The fraction of sp³-hybridized carbons (Fsp3) is 0.344. The van der Waals surface area contributed by atoms with Gasteiger partial charge in [-0.25, -0.2) is 0 Å². The maximum Gasteiger partial charge on any atom is 0.140 e. The van der Waals surface area contributed by atoms with Crippen LogP contribution in [0.15, 0.2) is 78.9 Å². The summed E-state index contributed by atoms with van der Waals surface area (Å²) in [6.07, 6.45) is 0. The van der Waals surface area contributed by atoms with Gasteiger partial charge in [0.05, 0.1) is 0 Å². The zero-order valence-electron chi connectivity index (χ0n) is 24.9. The molecule has 0 heterocycles. The van der Waals surface area contributed by atoms with Gasteiger partial charge in [-0.1, -0.05) is 105 Å². The molecule has 3 aromatic rings. The van der Waals surface area contributed by atoms with Crippen LogP contribution in [0.2, 0.25) is 62.4 Å². The van der Waals surface area contributed by atoms with E-state index in [2.05, 4.69) is 44.2 Å². The summed E-state index contributed by atoms with van der Waals surface area (Å²) in [6, 6.07) is 27.0. The molecule has 0 fully saturated rings. The van der Waals surface area contributed by atoms with Gasteiger partial charge in [-0.3, -0.25) is 0 Å². The quantitative estimate of drug-likeness (QED) is 0.183. The minimum absolute atomic E-state index is 0.191. The minimum Gasteiger partial charge on any atom is -0.375 e. The van der Waals surface area contributed by atoms with E-state index in [1.165, 1.54) is 0 Å². The van der Waals surface area contributed by atoms with E-state index in [9.17, 15) is 14.4 Å². The number of hydrogen-bond donors (Lipinski definition) is 0. The molecule has 0 aromatic heterocycles. The lowest BCUT2D eigenvalue weighted by Gasteiger charge is -2.27. The van der Waals surface area contributed by atoms with Crippen molar-refractivity contribution >= 4 is 57.7 Å². The zero-order chi connectivity index (χ0) is 29.7. The molecule has 0 saturated heterocycles. The number of benzene rings is 3. The number of anilines is 1. The van der Waals surface area contributed by atoms with Gasteiger partial charge in [-0.15, -0.1) is 0 Å². The molecule has 0 saturated carbocycles. The van der Waals surface area contributed by atoms with Crippen molar-refractivity contribution in [2.75, 3.05) is 18.5 Å². The van der Waals surface area contributed by atoms with Crippen LogP contribution in [0.4, 0.5) is 5.69 Å². The number of carbonyl (C=O) groups excluding carboxylic acids is 3. The highest BCUT2D eigenvalue weighted by Crippen LogP contribution is 2.28. The highest BCUT2D eigenvalue weighted by molar-refractivity contribution is 7.10. The molecule has 3 aromatic carbocycles. The van der Waals surface area contributed by atoms with Gasteiger partial charge in [0, 0.05) is 41.0 Å². The van der Waals surface area contributed by atoms with Crippen LogP contribution in [0, 0.1) is 0 Å². The molecule has 0 spiro atoms. The Kier molecular flexibility index (Phi) is 10.3. The average molecular weight is 608 g/mol. The molecule has 0 aliphatic rings. The third kappa shape index (κ3) is 8.00. The van der Waals surface area contributed by atoms with Crippen LogP contribution in [0.5, 0.6) is 0 Å². The van der Waals surface area contributed by atoms with E-state index in [4.69, 9.17) is 11.6 Å². The summed E-state index contributed by atoms with van der Waals surface area (Å²) in [6.45, 7) is 13.5. The van der Waals surface area contributed by atoms with Crippen molar-refractivity contribution in [1.82, 2.24) is 0 Å². The van der Waals surface area contributed by atoms with Gasteiger partial charge in [0.15, 0.2) is 0 Å². The van der Waals surface area contributed by atoms with Crippen LogP contribution >= 0.6 is 11.6 Å². The van der Waals surface area contributed by atoms with Crippen molar-refractivity contribution in [2.24, 2.45) is 0 Å². The normalized spacial score (nSPS) is 12.2. The van der Waals surface area contributed by atoms with E-state index < -0.39 is 24.2 Å². The molecule has 0 N–H and O–H groups in total. The van der Waals surface area contributed by atoms with Crippen LogP contribution in [0.3, 0.4) is 0 Å². The Morgan fingerprint density at radius 2 is 1.05 bits per heavy atom. The third-order valence-corrected chi connectivity index (χ3v) is 17.7. The molecule has 0 bridgehead atoms. The Morgan fingerprint density at radius 1 is 0.600 bits per heavy atom. The molecule has 8 heteroatoms. The molecule has 212 valence electrons. The lowest BCUT2D eigenvalue weighted by molar-refractivity contribution is 0.105. The molecule has 0 amide bonds. The Bertz CT molecular complexity index is 1360. The maximum absolute atomic E-state index is 13.5. The smallest absolute Gasteiger partial charge is 0.140 e. The molecule has 0 aliphatic heterocycles. The van der Waals surface area contributed by atoms with Crippen LogP contribution < -0.4 is 4.90 Å². The van der Waals surface area contributed by atoms with Crippen molar-refractivity contribution in [1.29, 1.82) is 0 Å². The summed E-state index contributed by atoms with van der Waals surface area (Å²) >= 11 is 6.11. The van der Waals surface area contributed by atoms with Gasteiger partial charge in [-0.05, 0) is 42.4 Å². The van der Waals surface area contributed by atoms with E-state index >= 15 is 0 Å². The first kappa shape index (κ1) is 31.9. The minimum atomic E-state index is -2.27. The van der Waals surface area contributed by atoms with Gasteiger partial charge >= 0.3 is 0 Å². The van der Waals surface area contributed by atoms with Crippen molar-refractivity contribution < 1.29 is 14.4 Å². The Balaban J connectivity index is 1.60. The SMILES string of the molecule is CN(CC[Si](C)(C)C(=O)c1ccccc1)c1ccc(C(=O)[Si](C)(C)CC[Si](C)(C)C(=O)c2cccc(Cl)c2)cc1. The molecular formula is C32H42ClNO3Si3. The van der Waals surface area contributed by atoms with Crippen LogP contribution in [0.1, 0.15) is 31.1 Å². The third-order valence-electron chi connectivity index (χ3n) is 7.98. The Hall–Kier alpha value is -2.59. The van der Waals surface area contributed by atoms with E-state index in [0.717, 1.165) is 41.5 Å². The summed E-state index contributed by atoms with van der Waals surface area (Å²) in [7, 11) is -4.59. The van der Waals surface area contributed by atoms with Gasteiger partial charge in [0.25, 0.3) is 0 Å². The Labute approximate surface area is 247 Å². The number of halogens is 1. The lowest BCUT2D eigenvalue weighted by atomic mass is 10.2. The second-order valence-electron chi connectivity index (χ2n) is 12.7. The summed E-state index contributed by atoms with van der Waals surface area (Å²) in [5, 5.41) is 1.27. The molecule has 3 rings (SSSR count). The first-order valence-electron chi connectivity index (χ1n) is 13.9. The topological polar surface area (TPSA) is 54.5 Å². The molecule has 0 radical (unpaired) electrons. The van der Waals surface area contributed by atoms with E-state index in [1.54, 1.807) is 12.1 Å². The van der Waals surface area contributed by atoms with E-state index in [1.807, 2.05) is 73.8 Å². The van der Waals surface area contributed by atoms with Crippen molar-refractivity contribution in [3.8, 4) is 0 Å². The second kappa shape index (κ2) is 12.9. The first-order chi connectivity index (χ1) is 18.6. The predicted molar refractivity (Wildman–Crippen MR) is 177 cm³/mol. The van der Waals surface area contributed by atoms with Gasteiger partial charge in [0.1, 0.15) is 40.4 Å². The van der Waals surface area contributed by atoms with E-state index in [0.29, 0.717) is 10.6 Å². The van der Waals surface area contributed by atoms with Gasteiger partial charge in [0.2, 0.25) is 0 Å². The molecule has 40 heavy (non-hydrogen) atoms. The maximum atomic E-state index is 13.5. The lowest BCUT2D eigenvalue weighted by Crippen LogP contribution is -2.43. The van der Waals surface area contributed by atoms with Gasteiger partial charge < -0.3 is 19.3 Å². The second-order valence-corrected chi connectivity index (χ2v) is 27.3. The van der Waals surface area contributed by atoms with Crippen molar-refractivity contribution in [3.63, 3.8) is 0 Å². The van der Waals surface area contributed by atoms with Crippen molar-refractivity contribution in [3.05, 3.63) is 101 Å². The van der Waals surface area contributed by atoms with Crippen LogP contribution in [-0.2, 0) is 0 Å². The largest absolute Gasteiger partial charge is 0.375 e. The Morgan fingerprint density at radius 3 is 1.57 bits per heavy atom. The molecule has 0 unspecified atom stereocenters. The summed E-state index contributed by atoms with van der Waals surface area (Å²) < 4.78 is 0. The average Bonchev–Trinajstić information content (AvgIpc) is 2.94. The molecular weight excluding hydrogens is 566 g/mol. The number of rotatable bonds is 13. The highest BCUT2D eigenvalue weighted by Gasteiger charge is 2.38. The highest BCUT2D eigenvalue weighted by atomic mass is 35.5. The predicted octanol–water partition coefficient (Wildman–Crippen LogP) is 8.47. The monoisotopic (exact) mass is 607 g/mol. The molecule has 0 atom stereocenters. The first-order valence-corrected chi connectivity index (χ1v) is 23.9. The number of nitrogens with zero attached hydrogens (tertiary/aromatic N) is 1. The molecule has 0 aliphatic carbocycles. The summed E-state index contributed by atoms with van der Waals surface area (Å²) in [5.74, 6) is 0. The van der Waals surface area contributed by atoms with Crippen LogP contribution in [0.25, 0.3) is 0 Å². The fourth-order valence-electron chi connectivity index (χ4n) is 4.80. The van der Waals surface area contributed by atoms with Gasteiger partial charge in [-0.2, -0.15) is 0 Å². The van der Waals surface area contributed by atoms with Crippen LogP contribution in [-0.4, -0.2) is 54.0 Å². The molecule has 4 nitrogen and oxygen atoms in total. The summed E-state index contributed by atoms with van der Waals surface area (Å²) in [4.78, 5) is 42.0. The summed E-state index contributed by atoms with van der Waals surface area (Å²) in [5.41, 5.74) is 3.25. The number of hydrogen-bond acceptors (Lipinski definition) is 4. The number of carbonyl (C=O) groups is 3. The van der Waals surface area contributed by atoms with Crippen molar-refractivity contribution in [2.45, 2.75) is 57.4 Å².